The number of hydrogen-bond acceptors (Lipinski definition) is 6. The normalized spacial score (nSPS) is 10.5. The zero-order valence-electron chi connectivity index (χ0n) is 14.4. The van der Waals surface area contributed by atoms with Crippen LogP contribution in [0.25, 0.3) is 11.3 Å². The maximum absolute atomic E-state index is 12.8. The van der Waals surface area contributed by atoms with Gasteiger partial charge in [-0.15, -0.1) is 0 Å². The van der Waals surface area contributed by atoms with Gasteiger partial charge in [0.15, 0.2) is 17.4 Å². The maximum atomic E-state index is 12.8. The lowest BCUT2D eigenvalue weighted by atomic mass is 10.0. The Balaban J connectivity index is 2.30. The van der Waals surface area contributed by atoms with E-state index < -0.39 is 5.56 Å². The fourth-order valence-electron chi connectivity index (χ4n) is 2.65. The fourth-order valence-corrected chi connectivity index (χ4v) is 2.65. The molecule has 0 bridgehead atoms. The molecule has 2 heterocycles. The van der Waals surface area contributed by atoms with E-state index in [2.05, 4.69) is 15.4 Å². The molecule has 0 atom stereocenters. The van der Waals surface area contributed by atoms with Crippen LogP contribution in [-0.2, 0) is 6.54 Å². The van der Waals surface area contributed by atoms with Crippen molar-refractivity contribution in [2.75, 3.05) is 5.32 Å². The van der Waals surface area contributed by atoms with Crippen LogP contribution < -0.4 is 10.9 Å². The molecule has 0 fully saturated rings. The van der Waals surface area contributed by atoms with Crippen LogP contribution in [0.4, 0.5) is 11.5 Å². The number of hydrogen-bond donors (Lipinski definition) is 2. The topological polar surface area (TPSA) is 97.1 Å². The molecule has 0 amide bonds. The number of carbonyl (C=O) groups is 1. The van der Waals surface area contributed by atoms with Gasteiger partial charge in [-0.1, -0.05) is 30.3 Å². The first kappa shape index (κ1) is 17.3. The van der Waals surface area contributed by atoms with Crippen LogP contribution in [0.3, 0.4) is 0 Å². The minimum Gasteiger partial charge on any atom is -0.504 e. The van der Waals surface area contributed by atoms with E-state index in [1.807, 2.05) is 30.3 Å². The van der Waals surface area contributed by atoms with Gasteiger partial charge in [0.25, 0.3) is 5.56 Å². The monoisotopic (exact) mass is 350 g/mol. The molecule has 0 saturated carbocycles. The summed E-state index contributed by atoms with van der Waals surface area (Å²) in [6, 6.07) is 12.2. The van der Waals surface area contributed by atoms with Crippen molar-refractivity contribution in [2.45, 2.75) is 20.4 Å². The van der Waals surface area contributed by atoms with Gasteiger partial charge < -0.3 is 10.4 Å². The Morgan fingerprint density at radius 1 is 1.19 bits per heavy atom. The van der Waals surface area contributed by atoms with Crippen LogP contribution >= 0.6 is 0 Å². The number of aryl methyl sites for hydroxylation is 1. The molecule has 0 radical (unpaired) electrons. The number of benzene rings is 1. The summed E-state index contributed by atoms with van der Waals surface area (Å²) < 4.78 is 1.27. The van der Waals surface area contributed by atoms with E-state index in [1.54, 1.807) is 13.0 Å². The highest BCUT2D eigenvalue weighted by molar-refractivity contribution is 6.05. The summed E-state index contributed by atoms with van der Waals surface area (Å²) in [5, 5.41) is 17.2. The number of carbonyl (C=O) groups excluding carboxylic acids is 1. The molecule has 2 aromatic heterocycles. The van der Waals surface area contributed by atoms with E-state index in [9.17, 15) is 14.7 Å². The van der Waals surface area contributed by atoms with Gasteiger partial charge in [0.05, 0.1) is 5.56 Å². The number of rotatable bonds is 5. The summed E-state index contributed by atoms with van der Waals surface area (Å²) >= 11 is 0. The highest BCUT2D eigenvalue weighted by Gasteiger charge is 2.22. The van der Waals surface area contributed by atoms with Crippen LogP contribution in [0.15, 0.2) is 53.5 Å². The van der Waals surface area contributed by atoms with Crippen molar-refractivity contribution in [3.8, 4) is 17.0 Å². The van der Waals surface area contributed by atoms with Gasteiger partial charge in [-0.2, -0.15) is 5.10 Å². The third kappa shape index (κ3) is 3.19. The standard InChI is InChI=1S/C19H18N4O3/c1-3-23-19(26)17(21-18-14(25)10-7-11-20-18)15(12(2)24)16(22-23)13-8-5-4-6-9-13/h4-11,25H,3H2,1-2H3,(H,20,21). The molecule has 1 aromatic carbocycles. The summed E-state index contributed by atoms with van der Waals surface area (Å²) in [7, 11) is 0. The molecule has 3 rings (SSSR count). The molecule has 7 nitrogen and oxygen atoms in total. The summed E-state index contributed by atoms with van der Waals surface area (Å²) in [6.45, 7) is 3.50. The Morgan fingerprint density at radius 3 is 2.54 bits per heavy atom. The predicted octanol–water partition coefficient (Wildman–Crippen LogP) is 2.98. The number of ketones is 1. The van der Waals surface area contributed by atoms with Crippen molar-refractivity contribution in [3.05, 3.63) is 64.6 Å². The molecule has 0 aliphatic rings. The van der Waals surface area contributed by atoms with Crippen molar-refractivity contribution in [2.24, 2.45) is 0 Å². The largest absolute Gasteiger partial charge is 0.504 e. The number of Topliss-reactive ketones (excluding diaryl/α,β-unsaturated/α-hetero) is 1. The molecule has 2 N–H and O–H groups in total. The van der Waals surface area contributed by atoms with Crippen LogP contribution in [0.2, 0.25) is 0 Å². The molecule has 0 aliphatic carbocycles. The average Bonchev–Trinajstić information content (AvgIpc) is 2.65. The Morgan fingerprint density at radius 2 is 1.92 bits per heavy atom. The van der Waals surface area contributed by atoms with Crippen molar-refractivity contribution < 1.29 is 9.90 Å². The predicted molar refractivity (Wildman–Crippen MR) is 98.8 cm³/mol. The fraction of sp³-hybridized carbons (Fsp3) is 0.158. The number of aromatic hydroxyl groups is 1. The van der Waals surface area contributed by atoms with Crippen LogP contribution in [0, 0.1) is 0 Å². The molecule has 0 saturated heterocycles. The first-order chi connectivity index (χ1) is 12.5. The first-order valence-corrected chi connectivity index (χ1v) is 8.15. The molecule has 0 unspecified atom stereocenters. The van der Waals surface area contributed by atoms with Crippen molar-refractivity contribution in [3.63, 3.8) is 0 Å². The molecule has 7 heteroatoms. The van der Waals surface area contributed by atoms with Crippen molar-refractivity contribution in [1.82, 2.24) is 14.8 Å². The second-order valence-corrected chi connectivity index (χ2v) is 5.64. The zero-order chi connectivity index (χ0) is 18.7. The molecular formula is C19H18N4O3. The lowest BCUT2D eigenvalue weighted by Gasteiger charge is -2.16. The van der Waals surface area contributed by atoms with Gasteiger partial charge in [-0.05, 0) is 26.0 Å². The van der Waals surface area contributed by atoms with Gasteiger partial charge >= 0.3 is 0 Å². The smallest absolute Gasteiger partial charge is 0.291 e. The summed E-state index contributed by atoms with van der Waals surface area (Å²) in [4.78, 5) is 29.2. The Labute approximate surface area is 150 Å². The molecule has 26 heavy (non-hydrogen) atoms. The van der Waals surface area contributed by atoms with Gasteiger partial charge in [0, 0.05) is 18.3 Å². The second kappa shape index (κ2) is 7.18. The molecule has 3 aromatic rings. The number of aromatic nitrogens is 3. The summed E-state index contributed by atoms with van der Waals surface area (Å²) in [5.74, 6) is -0.336. The van der Waals surface area contributed by atoms with E-state index in [1.165, 1.54) is 23.9 Å². The van der Waals surface area contributed by atoms with Crippen LogP contribution in [0.1, 0.15) is 24.2 Å². The zero-order valence-corrected chi connectivity index (χ0v) is 14.4. The van der Waals surface area contributed by atoms with Gasteiger partial charge in [0.2, 0.25) is 0 Å². The molecule has 0 spiro atoms. The SMILES string of the molecule is CCn1nc(-c2ccccc2)c(C(C)=O)c(Nc2ncccc2O)c1=O. The molecule has 0 aliphatic heterocycles. The van der Waals surface area contributed by atoms with Gasteiger partial charge in [-0.3, -0.25) is 9.59 Å². The summed E-state index contributed by atoms with van der Waals surface area (Å²) in [5.41, 5.74) is 0.867. The van der Waals surface area contributed by atoms with E-state index in [-0.39, 0.29) is 28.6 Å². The van der Waals surface area contributed by atoms with Gasteiger partial charge in [-0.25, -0.2) is 9.67 Å². The average molecular weight is 350 g/mol. The van der Waals surface area contributed by atoms with Gasteiger partial charge in [0.1, 0.15) is 11.4 Å². The Kier molecular flexibility index (Phi) is 4.79. The molecule has 132 valence electrons. The Hall–Kier alpha value is -3.48. The highest BCUT2D eigenvalue weighted by Crippen LogP contribution is 2.29. The van der Waals surface area contributed by atoms with Crippen molar-refractivity contribution >= 4 is 17.3 Å². The minimum absolute atomic E-state index is 0.0437. The van der Waals surface area contributed by atoms with Crippen LogP contribution in [-0.4, -0.2) is 25.7 Å². The first-order valence-electron chi connectivity index (χ1n) is 8.15. The molecular weight excluding hydrogens is 332 g/mol. The number of anilines is 2. The van der Waals surface area contributed by atoms with E-state index in [0.717, 1.165) is 0 Å². The third-order valence-corrected chi connectivity index (χ3v) is 3.88. The third-order valence-electron chi connectivity index (χ3n) is 3.88. The van der Waals surface area contributed by atoms with Crippen molar-refractivity contribution in [1.29, 1.82) is 0 Å². The summed E-state index contributed by atoms with van der Waals surface area (Å²) in [6.07, 6.45) is 1.48. The number of nitrogens with one attached hydrogen (secondary N) is 1. The van der Waals surface area contributed by atoms with Crippen LogP contribution in [0.5, 0.6) is 5.75 Å². The number of nitrogens with zero attached hydrogens (tertiary/aromatic N) is 3. The highest BCUT2D eigenvalue weighted by atomic mass is 16.3. The lowest BCUT2D eigenvalue weighted by Crippen LogP contribution is -2.28. The lowest BCUT2D eigenvalue weighted by molar-refractivity contribution is 0.101. The van der Waals surface area contributed by atoms with E-state index >= 15 is 0 Å². The van der Waals surface area contributed by atoms with E-state index in [4.69, 9.17) is 0 Å². The number of pyridine rings is 1. The Bertz CT molecular complexity index is 1010. The quantitative estimate of drug-likeness (QED) is 0.687. The van der Waals surface area contributed by atoms with E-state index in [0.29, 0.717) is 17.8 Å². The minimum atomic E-state index is -0.456. The maximum Gasteiger partial charge on any atom is 0.291 e. The second-order valence-electron chi connectivity index (χ2n) is 5.64.